The van der Waals surface area contributed by atoms with Crippen LogP contribution in [0.15, 0.2) is 12.2 Å². The summed E-state index contributed by atoms with van der Waals surface area (Å²) in [6, 6.07) is 0.673. The smallest absolute Gasteiger partial charge is 0.333 e. The summed E-state index contributed by atoms with van der Waals surface area (Å²) >= 11 is 0. The van der Waals surface area contributed by atoms with Crippen molar-refractivity contribution in [2.45, 2.75) is 77.8 Å². The first-order valence-corrected chi connectivity index (χ1v) is 17.7. The molecule has 0 heterocycles. The molecule has 0 saturated carbocycles. The number of esters is 1. The first-order chi connectivity index (χ1) is 11.7. The van der Waals surface area contributed by atoms with Crippen molar-refractivity contribution in [2.24, 2.45) is 0 Å². The van der Waals surface area contributed by atoms with Gasteiger partial charge in [-0.05, 0) is 53.1 Å². The molecule has 6 nitrogen and oxygen atoms in total. The van der Waals surface area contributed by atoms with Crippen LogP contribution in [0.5, 0.6) is 0 Å². The van der Waals surface area contributed by atoms with Gasteiger partial charge in [-0.3, -0.25) is 0 Å². The van der Waals surface area contributed by atoms with Gasteiger partial charge in [0.15, 0.2) is 16.6 Å². The monoisotopic (exact) mass is 422 g/mol. The third-order valence-corrected chi connectivity index (χ3v) is 11.7. The fraction of sp³-hybridized carbons (Fsp3) is 0.824. The Bertz CT molecular complexity index is 427. The van der Waals surface area contributed by atoms with Crippen LogP contribution in [0.4, 0.5) is 0 Å². The second kappa shape index (κ2) is 11.5. The predicted octanol–water partition coefficient (Wildman–Crippen LogP) is 3.19. The van der Waals surface area contributed by atoms with E-state index in [1.165, 1.54) is 0 Å². The number of aliphatic hydroxyl groups excluding tert-OH is 1. The molecule has 0 rings (SSSR count). The number of rotatable bonds is 13. The lowest BCUT2D eigenvalue weighted by Crippen LogP contribution is -2.45. The Hall–Kier alpha value is -0.299. The van der Waals surface area contributed by atoms with Crippen molar-refractivity contribution in [2.75, 3.05) is 13.2 Å². The van der Waals surface area contributed by atoms with Gasteiger partial charge in [0.25, 0.3) is 0 Å². The summed E-state index contributed by atoms with van der Waals surface area (Å²) in [7, 11) is -5.41. The normalized spacial score (nSPS) is 15.0. The summed E-state index contributed by atoms with van der Waals surface area (Å²) < 4.78 is 23.7. The van der Waals surface area contributed by atoms with Gasteiger partial charge in [0, 0.05) is 18.0 Å². The van der Waals surface area contributed by atoms with Crippen molar-refractivity contribution >= 4 is 31.9 Å². The molecule has 0 aromatic heterocycles. The van der Waals surface area contributed by atoms with Crippen LogP contribution in [0.2, 0.25) is 45.3 Å². The summed E-state index contributed by atoms with van der Waals surface area (Å²) in [6.45, 7) is 20.3. The standard InChI is InChI=1S/C17H38O6Si3/c1-14(2)17(19)20-11-10-16(21-12-15(3)18)13-24(22-25(4,5)6)23-26(7,8)9/h15-16,18,24H,1,10-13H2,2-9H3. The number of ether oxygens (including phenoxy) is 2. The summed E-state index contributed by atoms with van der Waals surface area (Å²) in [5.41, 5.74) is 0.378. The van der Waals surface area contributed by atoms with E-state index in [4.69, 9.17) is 17.7 Å². The van der Waals surface area contributed by atoms with Crippen molar-refractivity contribution in [1.82, 2.24) is 0 Å². The fourth-order valence-electron chi connectivity index (χ4n) is 2.07. The van der Waals surface area contributed by atoms with Gasteiger partial charge in [-0.15, -0.1) is 0 Å². The molecule has 2 unspecified atom stereocenters. The van der Waals surface area contributed by atoms with Crippen LogP contribution < -0.4 is 0 Å². The SMILES string of the molecule is C=C(C)C(=O)OCCC(C[SiH](O[Si](C)(C)C)O[Si](C)(C)C)OCC(C)O. The highest BCUT2D eigenvalue weighted by atomic mass is 28.4. The average Bonchev–Trinajstić information content (AvgIpc) is 2.40. The molecule has 0 fully saturated rings. The van der Waals surface area contributed by atoms with Gasteiger partial charge >= 0.3 is 15.3 Å². The summed E-state index contributed by atoms with van der Waals surface area (Å²) in [4.78, 5) is 11.6. The maximum Gasteiger partial charge on any atom is 0.333 e. The van der Waals surface area contributed by atoms with Crippen molar-refractivity contribution in [3.8, 4) is 0 Å². The van der Waals surface area contributed by atoms with Gasteiger partial charge in [-0.2, -0.15) is 0 Å². The molecule has 9 heteroatoms. The fourth-order valence-corrected chi connectivity index (χ4v) is 10.6. The van der Waals surface area contributed by atoms with Crippen LogP contribution >= 0.6 is 0 Å². The van der Waals surface area contributed by atoms with Gasteiger partial charge in [-0.1, -0.05) is 6.58 Å². The molecule has 2 atom stereocenters. The zero-order valence-corrected chi connectivity index (χ0v) is 20.9. The second-order valence-corrected chi connectivity index (χ2v) is 20.3. The number of carbonyl (C=O) groups is 1. The summed E-state index contributed by atoms with van der Waals surface area (Å²) in [5.74, 6) is -0.398. The topological polar surface area (TPSA) is 74.2 Å². The van der Waals surface area contributed by atoms with E-state index < -0.39 is 38.0 Å². The molecule has 0 radical (unpaired) electrons. The lowest BCUT2D eigenvalue weighted by molar-refractivity contribution is -0.139. The van der Waals surface area contributed by atoms with Gasteiger partial charge in [0.2, 0.25) is 0 Å². The molecule has 0 aliphatic heterocycles. The molecule has 0 aliphatic carbocycles. The minimum absolute atomic E-state index is 0.174. The van der Waals surface area contributed by atoms with E-state index in [1.54, 1.807) is 13.8 Å². The Balaban J connectivity index is 4.92. The lowest BCUT2D eigenvalue weighted by Gasteiger charge is -2.32. The third kappa shape index (κ3) is 14.8. The van der Waals surface area contributed by atoms with E-state index in [2.05, 4.69) is 45.9 Å². The largest absolute Gasteiger partial charge is 0.462 e. The summed E-state index contributed by atoms with van der Waals surface area (Å²) in [5, 5.41) is 9.54. The van der Waals surface area contributed by atoms with Crippen LogP contribution in [0.1, 0.15) is 20.3 Å². The lowest BCUT2D eigenvalue weighted by atomic mass is 10.3. The third-order valence-electron chi connectivity index (χ3n) is 3.02. The van der Waals surface area contributed by atoms with E-state index in [0.29, 0.717) is 18.0 Å². The molecular weight excluding hydrogens is 384 g/mol. The number of hydrogen-bond donors (Lipinski definition) is 1. The highest BCUT2D eigenvalue weighted by Gasteiger charge is 2.31. The van der Waals surface area contributed by atoms with Crippen molar-refractivity contribution < 1.29 is 27.6 Å². The molecule has 0 spiro atoms. The molecule has 0 bridgehead atoms. The molecule has 0 aliphatic rings. The average molecular weight is 423 g/mol. The van der Waals surface area contributed by atoms with E-state index in [9.17, 15) is 9.90 Å². The van der Waals surface area contributed by atoms with Crippen LogP contribution in [0.25, 0.3) is 0 Å². The van der Waals surface area contributed by atoms with E-state index >= 15 is 0 Å². The van der Waals surface area contributed by atoms with E-state index in [-0.39, 0.29) is 19.3 Å². The van der Waals surface area contributed by atoms with E-state index in [0.717, 1.165) is 0 Å². The van der Waals surface area contributed by atoms with Gasteiger partial charge in [0.05, 0.1) is 25.4 Å². The predicted molar refractivity (Wildman–Crippen MR) is 113 cm³/mol. The maximum absolute atomic E-state index is 11.6. The Morgan fingerprint density at radius 1 is 1.12 bits per heavy atom. The Labute approximate surface area is 163 Å². The Kier molecular flexibility index (Phi) is 11.4. The first kappa shape index (κ1) is 25.7. The zero-order valence-electron chi connectivity index (χ0n) is 17.8. The molecule has 1 N–H and O–H groups in total. The number of aliphatic hydroxyl groups is 1. The molecule has 0 aromatic rings. The molecule has 26 heavy (non-hydrogen) atoms. The van der Waals surface area contributed by atoms with Gasteiger partial charge in [-0.25, -0.2) is 4.79 Å². The molecule has 0 amide bonds. The molecule has 0 aromatic carbocycles. The molecule has 0 saturated heterocycles. The second-order valence-electron chi connectivity index (χ2n) is 8.63. The van der Waals surface area contributed by atoms with Gasteiger partial charge in [0.1, 0.15) is 0 Å². The highest BCUT2D eigenvalue weighted by Crippen LogP contribution is 2.19. The maximum atomic E-state index is 11.6. The van der Waals surface area contributed by atoms with Crippen LogP contribution in [0.3, 0.4) is 0 Å². The Morgan fingerprint density at radius 3 is 2.00 bits per heavy atom. The zero-order chi connectivity index (χ0) is 20.5. The van der Waals surface area contributed by atoms with Gasteiger partial charge < -0.3 is 22.8 Å². The molecular formula is C17H38O6Si3. The minimum Gasteiger partial charge on any atom is -0.462 e. The van der Waals surface area contributed by atoms with Crippen molar-refractivity contribution in [3.05, 3.63) is 12.2 Å². The van der Waals surface area contributed by atoms with Crippen molar-refractivity contribution in [3.63, 3.8) is 0 Å². The highest BCUT2D eigenvalue weighted by molar-refractivity contribution is 6.81. The minimum atomic E-state index is -1.93. The Morgan fingerprint density at radius 2 is 1.62 bits per heavy atom. The van der Waals surface area contributed by atoms with Crippen LogP contribution in [-0.4, -0.2) is 62.4 Å². The number of hydrogen-bond acceptors (Lipinski definition) is 6. The first-order valence-electron chi connectivity index (χ1n) is 9.17. The van der Waals surface area contributed by atoms with E-state index in [1.807, 2.05) is 0 Å². The molecule has 154 valence electrons. The number of carbonyl (C=O) groups excluding carboxylic acids is 1. The van der Waals surface area contributed by atoms with Crippen LogP contribution in [0, 0.1) is 0 Å². The van der Waals surface area contributed by atoms with Crippen molar-refractivity contribution in [1.29, 1.82) is 0 Å². The summed E-state index contributed by atoms with van der Waals surface area (Å²) in [6.07, 6.45) is -0.183. The van der Waals surface area contributed by atoms with Crippen LogP contribution in [-0.2, 0) is 22.5 Å². The quantitative estimate of drug-likeness (QED) is 0.279.